The largest absolute Gasteiger partial charge is 0.460 e. The maximum Gasteiger partial charge on any atom is 0.407 e. The first-order valence-corrected chi connectivity index (χ1v) is 38.8. The molecule has 0 spiro atoms. The monoisotopic (exact) mass is 1520 g/mol. The minimum atomic E-state index is -2.73. The van der Waals surface area contributed by atoms with Gasteiger partial charge in [-0.25, -0.2) is 29.1 Å². The summed E-state index contributed by atoms with van der Waals surface area (Å²) in [6.45, 7) is 30.0. The summed E-state index contributed by atoms with van der Waals surface area (Å²) in [6.07, 6.45) is 4.71. The number of imidazole rings is 2. The second kappa shape index (κ2) is 35.3. The molecule has 0 aliphatic carbocycles. The molecule has 0 aliphatic rings. The van der Waals surface area contributed by atoms with Crippen molar-refractivity contribution in [3.8, 4) is 22.5 Å². The molecule has 20 heteroatoms. The van der Waals surface area contributed by atoms with Crippen LogP contribution in [-0.4, -0.2) is 114 Å². The van der Waals surface area contributed by atoms with Gasteiger partial charge in [0.25, 0.3) is 16.6 Å². The molecule has 514 valence electrons. The number of carbonyl (C=O) groups is 4. The molecule has 0 saturated heterocycles. The molecule has 6 aromatic carbocycles. The van der Waals surface area contributed by atoms with Crippen molar-refractivity contribution >= 4 is 100 Å². The van der Waals surface area contributed by atoms with Gasteiger partial charge in [0.1, 0.15) is 11.2 Å². The number of hydrogen-bond donors (Lipinski definition) is 2. The third-order valence-corrected chi connectivity index (χ3v) is 27.2. The maximum atomic E-state index is 13.0. The van der Waals surface area contributed by atoms with Crippen LogP contribution >= 0.6 is 38.5 Å². The Morgan fingerprint density at radius 3 is 1.12 bits per heavy atom. The first-order valence-electron chi connectivity index (χ1n) is 32.7. The first-order chi connectivity index (χ1) is 45.3. The van der Waals surface area contributed by atoms with Gasteiger partial charge in [-0.05, 0) is 123 Å². The van der Waals surface area contributed by atoms with E-state index in [2.05, 4.69) is 198 Å². The molecule has 2 atom stereocenters. The van der Waals surface area contributed by atoms with E-state index >= 15 is 0 Å². The molecule has 0 fully saturated rings. The molecule has 2 heterocycles. The van der Waals surface area contributed by atoms with Crippen LogP contribution < -0.4 is 31.4 Å². The number of carbonyl (C=O) groups excluding carboxylic acids is 4. The van der Waals surface area contributed by atoms with E-state index < -0.39 is 45.9 Å². The molecule has 0 radical (unpaired) electrons. The summed E-state index contributed by atoms with van der Waals surface area (Å²) >= 11 is 5.69. The zero-order valence-electron chi connectivity index (χ0n) is 58.8. The molecule has 8 rings (SSSR count). The van der Waals surface area contributed by atoms with E-state index in [4.69, 9.17) is 27.8 Å². The van der Waals surface area contributed by atoms with Gasteiger partial charge in [0.2, 0.25) is 11.6 Å². The molecular weight excluding hydrogens is 1420 g/mol. The number of esters is 2. The van der Waals surface area contributed by atoms with Gasteiger partial charge >= 0.3 is 24.1 Å². The molecule has 96 heavy (non-hydrogen) atoms. The lowest BCUT2D eigenvalue weighted by atomic mass is 10.0. The van der Waals surface area contributed by atoms with Crippen LogP contribution in [-0.2, 0) is 48.3 Å². The highest BCUT2D eigenvalue weighted by molar-refractivity contribution is 14.1. The van der Waals surface area contributed by atoms with Gasteiger partial charge < -0.3 is 47.6 Å². The van der Waals surface area contributed by atoms with Gasteiger partial charge in [0.15, 0.2) is 0 Å². The Hall–Kier alpha value is -7.22. The van der Waals surface area contributed by atoms with E-state index in [9.17, 15) is 19.2 Å². The smallest absolute Gasteiger partial charge is 0.407 e. The molecule has 2 N–H and O–H groups in total. The van der Waals surface area contributed by atoms with Crippen molar-refractivity contribution in [2.75, 3.05) is 30.9 Å². The molecule has 0 saturated carbocycles. The van der Waals surface area contributed by atoms with Crippen molar-refractivity contribution in [3.63, 3.8) is 0 Å². The summed E-state index contributed by atoms with van der Waals surface area (Å²) in [6, 6.07) is 57.9. The minimum absolute atomic E-state index is 0.00587. The molecule has 0 aliphatic heterocycles. The van der Waals surface area contributed by atoms with Crippen LogP contribution in [0.25, 0.3) is 22.5 Å². The van der Waals surface area contributed by atoms with Crippen LogP contribution in [0.2, 0.25) is 10.1 Å². The highest BCUT2D eigenvalue weighted by Crippen LogP contribution is 2.38. The topological polar surface area (TPSA) is 183 Å². The molecule has 16 nitrogen and oxygen atoms in total. The lowest BCUT2D eigenvalue weighted by Crippen LogP contribution is -2.66. The van der Waals surface area contributed by atoms with Crippen molar-refractivity contribution in [3.05, 3.63) is 204 Å². The summed E-state index contributed by atoms with van der Waals surface area (Å²) in [4.78, 5) is 57.9. The van der Waals surface area contributed by atoms with E-state index in [-0.39, 0.29) is 40.7 Å². The summed E-state index contributed by atoms with van der Waals surface area (Å²) < 4.78 is 40.4. The lowest BCUT2D eigenvalue weighted by molar-refractivity contribution is 0.0487. The number of aryl methyl sites for hydroxylation is 2. The van der Waals surface area contributed by atoms with Gasteiger partial charge in [-0.3, -0.25) is 0 Å². The highest BCUT2D eigenvalue weighted by Gasteiger charge is 2.51. The van der Waals surface area contributed by atoms with E-state index in [1.165, 1.54) is 20.7 Å². The Bertz CT molecular complexity index is 3640. The third kappa shape index (κ3) is 21.9. The zero-order valence-corrected chi connectivity index (χ0v) is 64.5. The summed E-state index contributed by atoms with van der Waals surface area (Å²) in [5.74, 6) is -0.277. The van der Waals surface area contributed by atoms with Crippen LogP contribution in [0, 0.1) is 0 Å². The molecular formula is C76H98BrIN6O10Si2. The van der Waals surface area contributed by atoms with Crippen molar-refractivity contribution in [2.45, 2.75) is 150 Å². The Labute approximate surface area is 593 Å². The number of halogens is 2. The van der Waals surface area contributed by atoms with Gasteiger partial charge in [-0.2, -0.15) is 0 Å². The summed E-state index contributed by atoms with van der Waals surface area (Å²) in [5.41, 5.74) is 3.20. The quantitative estimate of drug-likeness (QED) is 0.0203. The van der Waals surface area contributed by atoms with Crippen LogP contribution in [0.15, 0.2) is 187 Å². The average Bonchev–Trinajstić information content (AvgIpc) is 0.870. The second-order valence-electron chi connectivity index (χ2n) is 27.4. The number of hydrogen-bond acceptors (Lipinski definition) is 12. The fourth-order valence-electron chi connectivity index (χ4n) is 11.3. The Morgan fingerprint density at radius 1 is 0.490 bits per heavy atom. The number of nitrogens with zero attached hydrogens (tertiary/aromatic N) is 4. The molecule has 2 aromatic heterocycles. The number of rotatable bonds is 23. The predicted octanol–water partition coefficient (Wildman–Crippen LogP) is 15.0. The molecule has 8 aromatic rings. The van der Waals surface area contributed by atoms with Crippen molar-refractivity contribution < 1.29 is 47.0 Å². The molecule has 1 unspecified atom stereocenters. The lowest BCUT2D eigenvalue weighted by Gasteiger charge is -2.43. The van der Waals surface area contributed by atoms with Crippen molar-refractivity contribution in [1.29, 1.82) is 0 Å². The van der Waals surface area contributed by atoms with Gasteiger partial charge in [0.05, 0.1) is 24.6 Å². The normalized spacial score (nSPS) is 12.6. The number of nitrogens with one attached hydrogen (secondary N) is 2. The van der Waals surface area contributed by atoms with Crippen LogP contribution in [0.3, 0.4) is 0 Å². The van der Waals surface area contributed by atoms with Crippen molar-refractivity contribution in [2.24, 2.45) is 14.1 Å². The zero-order chi connectivity index (χ0) is 70.5. The van der Waals surface area contributed by atoms with E-state index in [0.717, 1.165) is 37.7 Å². The first kappa shape index (κ1) is 77.8. The maximum absolute atomic E-state index is 13.0. The summed E-state index contributed by atoms with van der Waals surface area (Å²) in [5, 5.41) is 10.9. The van der Waals surface area contributed by atoms with Crippen LogP contribution in [0.5, 0.6) is 0 Å². The fourth-order valence-corrected chi connectivity index (χ4v) is 21.4. The number of benzene rings is 6. The third-order valence-electron chi connectivity index (χ3n) is 15.6. The number of alkyl carbamates (subject to hydrolysis) is 2. The Balaban J connectivity index is 0.000000253. The summed E-state index contributed by atoms with van der Waals surface area (Å²) in [7, 11) is -1.73. The van der Waals surface area contributed by atoms with Gasteiger partial charge in [-0.1, -0.05) is 238 Å². The fraction of sp³-hybridized carbons (Fsp3) is 0.395. The van der Waals surface area contributed by atoms with E-state index in [1.54, 1.807) is 37.1 Å². The number of amides is 2. The van der Waals surface area contributed by atoms with E-state index in [1.807, 2.05) is 127 Å². The van der Waals surface area contributed by atoms with Crippen LogP contribution in [0.1, 0.15) is 137 Å². The SMILES string of the molecule is CC(C)(C)OC(=O)N[C@@H](CI)CCO[Si](c1ccccc1)(c1ccccc1)C(C)(C)C.CCOC(=O)c1nc(-c2ccc(Br)cc2)cn1C.CCOC(=O)c1nc(-c2ccc(CC(CCO[Si](c3ccccc3)(c3ccccc3)C(C)(C)C)NC(=O)OC(C)(C)C)cc2)cn1C. The standard InChI is InChI=1S/C38H49N3O5Si.C25H36INO3Si.C13H13BrN2O2/c1-9-44-35(42)34-40-33(27-41(34)8)29-22-20-28(21-23-29)26-30(39-36(43)46-37(2,3)4)24-25-45-47(38(5,6)7,31-16-12-10-13-17-31)32-18-14-11-15-19-32;1-24(2,3)30-23(28)27-20(19-26)17-18-29-31(25(4,5)6,21-13-9-7-10-14-21)22-15-11-8-12-16-22;1-3-18-13(17)12-15-11(8-16(12)2)9-4-6-10(14)7-5-9/h10-23,27,30H,9,24-26H2,1-8H3,(H,39,43);7-16,20H,17-19H2,1-6H3,(H,27,28);4-8H,3H2,1-2H3/t;20-;/m.1./s1. The van der Waals surface area contributed by atoms with Crippen LogP contribution in [0.4, 0.5) is 9.59 Å². The molecule has 2 amide bonds. The van der Waals surface area contributed by atoms with Gasteiger partial charge in [0, 0.05) is 71.8 Å². The predicted molar refractivity (Wildman–Crippen MR) is 402 cm³/mol. The highest BCUT2D eigenvalue weighted by atomic mass is 127. The Kier molecular flexibility index (Phi) is 28.6. The second-order valence-corrected chi connectivity index (χ2v) is 37.8. The Morgan fingerprint density at radius 2 is 0.812 bits per heavy atom. The number of aromatic nitrogens is 4. The average molecular weight is 1520 g/mol. The molecule has 0 bridgehead atoms. The van der Waals surface area contributed by atoms with Crippen molar-refractivity contribution in [1.82, 2.24) is 29.7 Å². The number of ether oxygens (including phenoxy) is 4. The van der Waals surface area contributed by atoms with Gasteiger partial charge in [-0.15, -0.1) is 0 Å². The number of alkyl halides is 1. The minimum Gasteiger partial charge on any atom is -0.460 e. The van der Waals surface area contributed by atoms with E-state index in [0.29, 0.717) is 44.2 Å².